The zero-order valence-corrected chi connectivity index (χ0v) is 13.8. The molecule has 1 unspecified atom stereocenters. The molecule has 1 atom stereocenters. The van der Waals surface area contributed by atoms with Gasteiger partial charge in [-0.05, 0) is 19.1 Å². The van der Waals surface area contributed by atoms with Crippen LogP contribution in [-0.2, 0) is 6.18 Å². The smallest absolute Gasteiger partial charge is 0.383 e. The van der Waals surface area contributed by atoms with Gasteiger partial charge in [-0.2, -0.15) is 33.5 Å². The number of halogens is 3. The molecule has 26 heavy (non-hydrogen) atoms. The average molecular weight is 364 g/mol. The Bertz CT molecular complexity index is 884. The molecule has 3 heterocycles. The number of rotatable bonds is 4. The van der Waals surface area contributed by atoms with Crippen LogP contribution in [-0.4, -0.2) is 30.4 Å². The van der Waals surface area contributed by atoms with Gasteiger partial charge in [-0.15, -0.1) is 0 Å². The summed E-state index contributed by atoms with van der Waals surface area (Å²) in [5, 5.41) is 17.5. The van der Waals surface area contributed by atoms with E-state index in [2.05, 4.69) is 35.7 Å². The minimum absolute atomic E-state index is 0.0537. The second kappa shape index (κ2) is 6.58. The summed E-state index contributed by atoms with van der Waals surface area (Å²) >= 11 is 0. The van der Waals surface area contributed by atoms with Gasteiger partial charge in [0.25, 0.3) is 0 Å². The summed E-state index contributed by atoms with van der Waals surface area (Å²) in [6.45, 7) is 3.11. The highest BCUT2D eigenvalue weighted by Gasteiger charge is 2.36. The van der Waals surface area contributed by atoms with Crippen molar-refractivity contribution in [3.8, 4) is 0 Å². The van der Waals surface area contributed by atoms with Crippen LogP contribution in [0.1, 0.15) is 35.5 Å². The number of nitrogens with two attached hydrogens (primary N) is 1. The van der Waals surface area contributed by atoms with E-state index < -0.39 is 17.6 Å². The molecular formula is C15H15F3N8. The predicted octanol–water partition coefficient (Wildman–Crippen LogP) is 2.79. The third-order valence-electron chi connectivity index (χ3n) is 3.79. The van der Waals surface area contributed by atoms with Gasteiger partial charge in [0.15, 0.2) is 0 Å². The molecule has 4 N–H and O–H groups in total. The molecule has 0 amide bonds. The minimum atomic E-state index is -4.62. The van der Waals surface area contributed by atoms with Crippen LogP contribution in [0.25, 0.3) is 0 Å². The molecule has 136 valence electrons. The molecule has 0 radical (unpaired) electrons. The third-order valence-corrected chi connectivity index (χ3v) is 3.79. The lowest BCUT2D eigenvalue weighted by atomic mass is 10.0. The molecule has 0 aliphatic rings. The lowest BCUT2D eigenvalue weighted by Crippen LogP contribution is -2.15. The summed E-state index contributed by atoms with van der Waals surface area (Å²) in [6, 6.07) is 3.56. The quantitative estimate of drug-likeness (QED) is 0.651. The number of nitrogens with zero attached hydrogens (tertiary/aromatic N) is 5. The van der Waals surface area contributed by atoms with Crippen molar-refractivity contribution in [2.45, 2.75) is 25.9 Å². The molecule has 0 fully saturated rings. The van der Waals surface area contributed by atoms with Crippen LogP contribution >= 0.6 is 0 Å². The van der Waals surface area contributed by atoms with Crippen molar-refractivity contribution in [3.05, 3.63) is 47.2 Å². The summed E-state index contributed by atoms with van der Waals surface area (Å²) in [5.74, 6) is -0.886. The van der Waals surface area contributed by atoms with Gasteiger partial charge in [-0.25, -0.2) is 4.98 Å². The van der Waals surface area contributed by atoms with Gasteiger partial charge >= 0.3 is 6.18 Å². The van der Waals surface area contributed by atoms with Gasteiger partial charge in [-0.3, -0.25) is 5.10 Å². The molecule has 3 aromatic heterocycles. The van der Waals surface area contributed by atoms with Crippen LogP contribution in [0, 0.1) is 6.92 Å². The van der Waals surface area contributed by atoms with E-state index in [1.807, 2.05) is 6.92 Å². The van der Waals surface area contributed by atoms with Crippen molar-refractivity contribution in [2.75, 3.05) is 11.1 Å². The standard InChI is InChI=1S/C15H15F3N8/c1-7(9-4-3-5-20-25-9)12-10(6-21-26-12)23-14-22-8(2)11(13(19)24-14)15(16,17)18/h3-7H,1-2H3,(H,21,26)(H3,19,22,23,24). The Balaban J connectivity index is 1.91. The first-order chi connectivity index (χ1) is 12.3. The van der Waals surface area contributed by atoms with E-state index in [4.69, 9.17) is 5.73 Å². The summed E-state index contributed by atoms with van der Waals surface area (Å²) in [6.07, 6.45) is -1.58. The molecule has 0 saturated heterocycles. The molecule has 0 aliphatic carbocycles. The van der Waals surface area contributed by atoms with E-state index >= 15 is 0 Å². The van der Waals surface area contributed by atoms with Crippen LogP contribution in [0.2, 0.25) is 0 Å². The lowest BCUT2D eigenvalue weighted by Gasteiger charge is -2.15. The first kappa shape index (κ1) is 17.6. The third kappa shape index (κ3) is 3.41. The van der Waals surface area contributed by atoms with Crippen molar-refractivity contribution in [2.24, 2.45) is 0 Å². The Labute approximate surface area is 146 Å². The van der Waals surface area contributed by atoms with Crippen molar-refractivity contribution in [3.63, 3.8) is 0 Å². The number of nitrogens with one attached hydrogen (secondary N) is 2. The van der Waals surface area contributed by atoms with E-state index in [0.29, 0.717) is 17.1 Å². The van der Waals surface area contributed by atoms with Gasteiger partial charge in [0.05, 0.1) is 29.0 Å². The monoisotopic (exact) mass is 364 g/mol. The van der Waals surface area contributed by atoms with Crippen LogP contribution in [0.15, 0.2) is 24.5 Å². The molecule has 3 rings (SSSR count). The van der Waals surface area contributed by atoms with E-state index in [1.165, 1.54) is 13.1 Å². The first-order valence-electron chi connectivity index (χ1n) is 7.56. The fourth-order valence-electron chi connectivity index (χ4n) is 2.54. The number of aryl methyl sites for hydroxylation is 1. The number of alkyl halides is 3. The Hall–Kier alpha value is -3.24. The second-order valence-corrected chi connectivity index (χ2v) is 5.58. The maximum absolute atomic E-state index is 13.0. The van der Waals surface area contributed by atoms with Gasteiger partial charge < -0.3 is 11.1 Å². The number of hydrogen-bond acceptors (Lipinski definition) is 7. The number of aromatic nitrogens is 6. The van der Waals surface area contributed by atoms with E-state index in [0.717, 1.165) is 0 Å². The van der Waals surface area contributed by atoms with Crippen LogP contribution < -0.4 is 11.1 Å². The minimum Gasteiger partial charge on any atom is -0.383 e. The van der Waals surface area contributed by atoms with Crippen molar-refractivity contribution < 1.29 is 13.2 Å². The van der Waals surface area contributed by atoms with Crippen LogP contribution in [0.5, 0.6) is 0 Å². The van der Waals surface area contributed by atoms with Gasteiger partial charge in [0, 0.05) is 12.1 Å². The fraction of sp³-hybridized carbons (Fsp3) is 0.267. The van der Waals surface area contributed by atoms with Gasteiger partial charge in [0.2, 0.25) is 5.95 Å². The van der Waals surface area contributed by atoms with Crippen molar-refractivity contribution >= 4 is 17.5 Å². The molecule has 0 saturated carbocycles. The second-order valence-electron chi connectivity index (χ2n) is 5.58. The Kier molecular flexibility index (Phi) is 4.45. The number of H-pyrrole nitrogens is 1. The molecule has 0 spiro atoms. The molecule has 0 aliphatic heterocycles. The van der Waals surface area contributed by atoms with E-state index in [9.17, 15) is 13.2 Å². The highest BCUT2D eigenvalue weighted by Crippen LogP contribution is 2.35. The fourth-order valence-corrected chi connectivity index (χ4v) is 2.54. The maximum atomic E-state index is 13.0. The van der Waals surface area contributed by atoms with Gasteiger partial charge in [0.1, 0.15) is 11.4 Å². The van der Waals surface area contributed by atoms with Crippen molar-refractivity contribution in [1.82, 2.24) is 30.4 Å². The largest absolute Gasteiger partial charge is 0.421 e. The first-order valence-corrected chi connectivity index (χ1v) is 7.56. The van der Waals surface area contributed by atoms with Crippen LogP contribution in [0.4, 0.5) is 30.6 Å². The average Bonchev–Trinajstić information content (AvgIpc) is 3.01. The molecule has 11 heteroatoms. The summed E-state index contributed by atoms with van der Waals surface area (Å²) in [7, 11) is 0. The Morgan fingerprint density at radius 2 is 2.04 bits per heavy atom. The van der Waals surface area contributed by atoms with E-state index in [-0.39, 0.29) is 17.6 Å². The number of anilines is 3. The van der Waals surface area contributed by atoms with Crippen LogP contribution in [0.3, 0.4) is 0 Å². The molecule has 0 bridgehead atoms. The number of nitrogen functional groups attached to an aromatic ring is 1. The molecule has 3 aromatic rings. The highest BCUT2D eigenvalue weighted by molar-refractivity contribution is 5.59. The topological polar surface area (TPSA) is 118 Å². The normalized spacial score (nSPS) is 12.8. The number of hydrogen-bond donors (Lipinski definition) is 3. The highest BCUT2D eigenvalue weighted by atomic mass is 19.4. The Morgan fingerprint density at radius 3 is 2.65 bits per heavy atom. The molecular weight excluding hydrogens is 349 g/mol. The summed E-state index contributed by atoms with van der Waals surface area (Å²) in [5.41, 5.74) is 6.03. The summed E-state index contributed by atoms with van der Waals surface area (Å²) in [4.78, 5) is 7.57. The zero-order valence-electron chi connectivity index (χ0n) is 13.8. The molecule has 8 nitrogen and oxygen atoms in total. The number of aromatic amines is 1. The van der Waals surface area contributed by atoms with E-state index in [1.54, 1.807) is 18.3 Å². The van der Waals surface area contributed by atoms with Crippen molar-refractivity contribution in [1.29, 1.82) is 0 Å². The summed E-state index contributed by atoms with van der Waals surface area (Å²) < 4.78 is 38.9. The predicted molar refractivity (Wildman–Crippen MR) is 87.6 cm³/mol. The molecule has 0 aromatic carbocycles. The maximum Gasteiger partial charge on any atom is 0.421 e. The van der Waals surface area contributed by atoms with Gasteiger partial charge in [-0.1, -0.05) is 6.92 Å². The zero-order chi connectivity index (χ0) is 18.9. The SMILES string of the molecule is Cc1nc(Nc2cn[nH]c2C(C)c2cccnn2)nc(N)c1C(F)(F)F. The Morgan fingerprint density at radius 1 is 1.27 bits per heavy atom. The lowest BCUT2D eigenvalue weighted by molar-refractivity contribution is -0.137.